The van der Waals surface area contributed by atoms with Crippen molar-refractivity contribution in [2.45, 2.75) is 31.7 Å². The third-order valence-electron chi connectivity index (χ3n) is 7.66. The minimum atomic E-state index is -0.968. The second-order valence-corrected chi connectivity index (χ2v) is 11.5. The van der Waals surface area contributed by atoms with Crippen LogP contribution < -0.4 is 37.6 Å². The molecule has 1 unspecified atom stereocenters. The molecule has 0 bridgehead atoms. The van der Waals surface area contributed by atoms with Gasteiger partial charge in [-0.2, -0.15) is 0 Å². The number of anilines is 2. The number of rotatable bonds is 19. The van der Waals surface area contributed by atoms with Gasteiger partial charge in [-0.1, -0.05) is 0 Å². The average Bonchev–Trinajstić information content (AvgIpc) is 3.67. The lowest BCUT2D eigenvalue weighted by Crippen LogP contribution is -2.47. The van der Waals surface area contributed by atoms with E-state index in [1.54, 1.807) is 36.4 Å². The van der Waals surface area contributed by atoms with E-state index in [2.05, 4.69) is 36.9 Å². The summed E-state index contributed by atoms with van der Waals surface area (Å²) in [7, 11) is 0. The van der Waals surface area contributed by atoms with Crippen LogP contribution in [0.15, 0.2) is 60.7 Å². The smallest absolute Gasteiger partial charge is 0.312 e. The van der Waals surface area contributed by atoms with Gasteiger partial charge in [0.25, 0.3) is 17.7 Å². The molecule has 0 spiro atoms. The standard InChI is InChI=1S/C34H39N9O8/c35-34(51)38-13-1-3-27(42-29(46)19-36-14-15-37-28(45)4-2-16-43-30(47)11-12-31(43)48)33(50)40-23-7-5-21(6-8-23)32(49)41-24-9-10-26-22(17-24)18-25(20-44)39-26/h5-12,17-18,20,27,36,39H,1-4,13-16,19H2,(H,37,45)(H,40,50)(H,41,49)(H,42,46)(H3,35,38,51). The lowest BCUT2D eigenvalue weighted by atomic mass is 10.1. The van der Waals surface area contributed by atoms with Gasteiger partial charge in [0.2, 0.25) is 17.7 Å². The number of hydrogen-bond acceptors (Lipinski definition) is 9. The topological polar surface area (TPSA) is 254 Å². The third kappa shape index (κ3) is 11.6. The summed E-state index contributed by atoms with van der Waals surface area (Å²) in [6, 6.07) is 11.3. The number of aromatic nitrogens is 1. The Labute approximate surface area is 292 Å². The number of nitrogens with two attached hydrogens (primary N) is 1. The number of nitrogens with one attached hydrogen (secondary N) is 7. The molecule has 4 rings (SSSR count). The lowest BCUT2D eigenvalue weighted by molar-refractivity contribution is -0.137. The van der Waals surface area contributed by atoms with E-state index in [-0.39, 0.29) is 57.4 Å². The SMILES string of the molecule is NC(=O)NCCCC(NC(=O)CNCCNC(=O)CCCN1C(=O)C=CC1=O)C(=O)Nc1ccc(C(=O)Nc2ccc3[nH]c(C=O)cc3c2)cc1. The van der Waals surface area contributed by atoms with E-state index in [9.17, 15) is 38.4 Å². The molecule has 0 fully saturated rings. The Hall–Kier alpha value is -6.36. The van der Waals surface area contributed by atoms with Crippen molar-refractivity contribution < 1.29 is 38.4 Å². The highest BCUT2D eigenvalue weighted by atomic mass is 16.2. The Morgan fingerprint density at radius 2 is 1.55 bits per heavy atom. The van der Waals surface area contributed by atoms with Crippen molar-refractivity contribution in [1.29, 1.82) is 0 Å². The largest absolute Gasteiger partial charge is 0.355 e. The fourth-order valence-corrected chi connectivity index (χ4v) is 5.10. The van der Waals surface area contributed by atoms with Crippen LogP contribution in [0.2, 0.25) is 0 Å². The molecule has 0 saturated heterocycles. The van der Waals surface area contributed by atoms with E-state index >= 15 is 0 Å². The zero-order valence-electron chi connectivity index (χ0n) is 27.6. The first-order valence-corrected chi connectivity index (χ1v) is 16.2. The van der Waals surface area contributed by atoms with Gasteiger partial charge in [-0.3, -0.25) is 38.5 Å². The summed E-state index contributed by atoms with van der Waals surface area (Å²) in [5.41, 5.74) is 7.53. The molecule has 1 atom stereocenters. The summed E-state index contributed by atoms with van der Waals surface area (Å²) in [5, 5.41) is 17.0. The van der Waals surface area contributed by atoms with E-state index in [0.29, 0.717) is 41.8 Å². The predicted octanol–water partition coefficient (Wildman–Crippen LogP) is 0.516. The van der Waals surface area contributed by atoms with Gasteiger partial charge in [0.1, 0.15) is 6.04 Å². The minimum absolute atomic E-state index is 0.116. The van der Waals surface area contributed by atoms with Crippen molar-refractivity contribution >= 4 is 70.0 Å². The molecular weight excluding hydrogens is 662 g/mol. The van der Waals surface area contributed by atoms with Crippen LogP contribution in [0.4, 0.5) is 16.2 Å². The monoisotopic (exact) mass is 701 g/mol. The quantitative estimate of drug-likeness (QED) is 0.0492. The number of carbonyl (C=O) groups excluding carboxylic acids is 8. The summed E-state index contributed by atoms with van der Waals surface area (Å²) in [5.74, 6) is -2.46. The molecule has 17 nitrogen and oxygen atoms in total. The van der Waals surface area contributed by atoms with Crippen LogP contribution in [0.5, 0.6) is 0 Å². The molecule has 1 aliphatic rings. The Kier molecular flexibility index (Phi) is 13.5. The van der Waals surface area contributed by atoms with Crippen molar-refractivity contribution in [3.8, 4) is 0 Å². The molecular formula is C34H39N9O8. The Morgan fingerprint density at radius 1 is 0.824 bits per heavy atom. The van der Waals surface area contributed by atoms with Gasteiger partial charge in [0, 0.05) is 72.6 Å². The van der Waals surface area contributed by atoms with Gasteiger partial charge in [-0.25, -0.2) is 4.79 Å². The summed E-state index contributed by atoms with van der Waals surface area (Å²) in [4.78, 5) is 100.0. The van der Waals surface area contributed by atoms with Crippen molar-refractivity contribution in [1.82, 2.24) is 31.2 Å². The van der Waals surface area contributed by atoms with Gasteiger partial charge in [-0.15, -0.1) is 0 Å². The van der Waals surface area contributed by atoms with Gasteiger partial charge in [0.15, 0.2) is 6.29 Å². The number of aldehydes is 1. The maximum absolute atomic E-state index is 13.2. The molecule has 2 aromatic carbocycles. The molecule has 17 heteroatoms. The van der Waals surface area contributed by atoms with Crippen LogP contribution in [-0.2, 0) is 24.0 Å². The van der Waals surface area contributed by atoms with Crippen LogP contribution in [0.3, 0.4) is 0 Å². The predicted molar refractivity (Wildman–Crippen MR) is 186 cm³/mol. The van der Waals surface area contributed by atoms with Crippen molar-refractivity contribution in [3.05, 3.63) is 71.9 Å². The number of nitrogens with zero attached hydrogens (tertiary/aromatic N) is 1. The fourth-order valence-electron chi connectivity index (χ4n) is 5.10. The highest BCUT2D eigenvalue weighted by Gasteiger charge is 2.23. The van der Waals surface area contributed by atoms with E-state index in [1.807, 2.05) is 0 Å². The van der Waals surface area contributed by atoms with E-state index in [1.165, 1.54) is 24.3 Å². The number of fused-ring (bicyclic) bond motifs is 1. The number of primary amides is 1. The number of benzene rings is 2. The van der Waals surface area contributed by atoms with Crippen molar-refractivity contribution in [3.63, 3.8) is 0 Å². The first kappa shape index (κ1) is 37.5. The summed E-state index contributed by atoms with van der Waals surface area (Å²) in [6.45, 7) is 0.660. The van der Waals surface area contributed by atoms with Gasteiger partial charge in [-0.05, 0) is 67.8 Å². The number of imide groups is 1. The number of urea groups is 1. The number of aromatic amines is 1. The Morgan fingerprint density at radius 3 is 2.25 bits per heavy atom. The summed E-state index contributed by atoms with van der Waals surface area (Å²) < 4.78 is 0. The molecule has 1 aromatic heterocycles. The molecule has 51 heavy (non-hydrogen) atoms. The fraction of sp³-hybridized carbons (Fsp3) is 0.294. The summed E-state index contributed by atoms with van der Waals surface area (Å²) in [6.07, 6.45) is 4.02. The molecule has 0 aliphatic carbocycles. The van der Waals surface area contributed by atoms with E-state index in [4.69, 9.17) is 5.73 Å². The highest BCUT2D eigenvalue weighted by Crippen LogP contribution is 2.21. The molecule has 0 radical (unpaired) electrons. The Balaban J connectivity index is 1.21. The van der Waals surface area contributed by atoms with Crippen molar-refractivity contribution in [2.24, 2.45) is 5.73 Å². The summed E-state index contributed by atoms with van der Waals surface area (Å²) >= 11 is 0. The third-order valence-corrected chi connectivity index (χ3v) is 7.66. The highest BCUT2D eigenvalue weighted by molar-refractivity contribution is 6.13. The zero-order chi connectivity index (χ0) is 36.8. The second kappa shape index (κ2) is 18.4. The zero-order valence-corrected chi connectivity index (χ0v) is 27.6. The van der Waals surface area contributed by atoms with Crippen LogP contribution in [-0.4, -0.2) is 96.4 Å². The molecule has 1 aliphatic heterocycles. The molecule has 9 N–H and O–H groups in total. The first-order valence-electron chi connectivity index (χ1n) is 16.2. The number of H-pyrrole nitrogens is 1. The maximum atomic E-state index is 13.2. The minimum Gasteiger partial charge on any atom is -0.355 e. The maximum Gasteiger partial charge on any atom is 0.312 e. The lowest BCUT2D eigenvalue weighted by Gasteiger charge is -2.19. The normalized spacial score (nSPS) is 12.7. The van der Waals surface area contributed by atoms with Crippen LogP contribution in [0.25, 0.3) is 10.9 Å². The van der Waals surface area contributed by atoms with Gasteiger partial charge < -0.3 is 42.6 Å². The van der Waals surface area contributed by atoms with E-state index in [0.717, 1.165) is 15.8 Å². The Bertz CT molecular complexity index is 1800. The average molecular weight is 702 g/mol. The molecule has 3 aromatic rings. The second-order valence-electron chi connectivity index (χ2n) is 11.5. The molecule has 2 heterocycles. The first-order chi connectivity index (χ1) is 24.5. The molecule has 268 valence electrons. The number of carbonyl (C=O) groups is 8. The van der Waals surface area contributed by atoms with Crippen LogP contribution in [0.1, 0.15) is 46.5 Å². The van der Waals surface area contributed by atoms with E-state index < -0.39 is 35.7 Å². The number of amides is 8. The molecule has 0 saturated carbocycles. The van der Waals surface area contributed by atoms with Crippen molar-refractivity contribution in [2.75, 3.05) is 43.4 Å². The van der Waals surface area contributed by atoms with Gasteiger partial charge >= 0.3 is 6.03 Å². The van der Waals surface area contributed by atoms with Crippen LogP contribution in [0, 0.1) is 0 Å². The molecule has 8 amide bonds. The van der Waals surface area contributed by atoms with Gasteiger partial charge in [0.05, 0.1) is 12.2 Å². The number of hydrogen-bond donors (Lipinski definition) is 8. The van der Waals surface area contributed by atoms with Crippen LogP contribution >= 0.6 is 0 Å².